The number of hydrogen-bond donors (Lipinski definition) is 1. The highest BCUT2D eigenvalue weighted by Crippen LogP contribution is 2.16. The van der Waals surface area contributed by atoms with Crippen molar-refractivity contribution < 1.29 is 4.79 Å². The molecule has 1 aromatic heterocycles. The molecule has 17 heavy (non-hydrogen) atoms. The zero-order chi connectivity index (χ0) is 12.7. The van der Waals surface area contributed by atoms with E-state index in [0.29, 0.717) is 11.0 Å². The second-order valence-electron chi connectivity index (χ2n) is 4.11. The number of nitrogens with zero attached hydrogens (tertiary/aromatic N) is 2. The first-order valence-corrected chi connectivity index (χ1v) is 5.19. The van der Waals surface area contributed by atoms with E-state index < -0.39 is 11.5 Å². The van der Waals surface area contributed by atoms with Crippen LogP contribution >= 0.6 is 0 Å². The van der Waals surface area contributed by atoms with Crippen molar-refractivity contribution in [1.82, 2.24) is 9.55 Å². The SMILES string of the molecule is Cc1cc2nc(C(N)=O)c(=O)n(C)c2cc1C. The summed E-state index contributed by atoms with van der Waals surface area (Å²) in [7, 11) is 1.60. The maximum atomic E-state index is 11.8. The van der Waals surface area contributed by atoms with Gasteiger partial charge in [0.2, 0.25) is 0 Å². The summed E-state index contributed by atoms with van der Waals surface area (Å²) in [5.41, 5.74) is 7.87. The Morgan fingerprint density at radius 2 is 1.88 bits per heavy atom. The first kappa shape index (κ1) is 11.3. The van der Waals surface area contributed by atoms with Gasteiger partial charge in [-0.05, 0) is 37.1 Å². The van der Waals surface area contributed by atoms with Crippen molar-refractivity contribution in [3.63, 3.8) is 0 Å². The molecule has 0 fully saturated rings. The van der Waals surface area contributed by atoms with Crippen molar-refractivity contribution in [3.05, 3.63) is 39.3 Å². The van der Waals surface area contributed by atoms with Gasteiger partial charge < -0.3 is 10.3 Å². The van der Waals surface area contributed by atoms with Crippen LogP contribution in [0.15, 0.2) is 16.9 Å². The highest BCUT2D eigenvalue weighted by Gasteiger charge is 2.13. The highest BCUT2D eigenvalue weighted by atomic mass is 16.2. The van der Waals surface area contributed by atoms with Crippen molar-refractivity contribution in [2.45, 2.75) is 13.8 Å². The predicted octanol–water partition coefficient (Wildman–Crippen LogP) is 0.649. The van der Waals surface area contributed by atoms with E-state index >= 15 is 0 Å². The van der Waals surface area contributed by atoms with Crippen molar-refractivity contribution >= 4 is 16.9 Å². The summed E-state index contributed by atoms with van der Waals surface area (Å²) < 4.78 is 1.40. The molecular weight excluding hydrogens is 218 g/mol. The standard InChI is InChI=1S/C12H13N3O2/c1-6-4-8-9(5-7(6)2)15(3)12(17)10(14-8)11(13)16/h4-5H,1-3H3,(H2,13,16). The van der Waals surface area contributed by atoms with Gasteiger partial charge in [-0.15, -0.1) is 0 Å². The molecule has 5 heteroatoms. The molecule has 0 spiro atoms. The van der Waals surface area contributed by atoms with E-state index in [1.54, 1.807) is 7.05 Å². The number of amides is 1. The maximum Gasteiger partial charge on any atom is 0.282 e. The van der Waals surface area contributed by atoms with Gasteiger partial charge in [-0.2, -0.15) is 0 Å². The fourth-order valence-electron chi connectivity index (χ4n) is 1.74. The van der Waals surface area contributed by atoms with Gasteiger partial charge in [0.05, 0.1) is 11.0 Å². The van der Waals surface area contributed by atoms with Gasteiger partial charge in [0.25, 0.3) is 11.5 Å². The molecular formula is C12H13N3O2. The molecule has 5 nitrogen and oxygen atoms in total. The van der Waals surface area contributed by atoms with Gasteiger partial charge >= 0.3 is 0 Å². The lowest BCUT2D eigenvalue weighted by Gasteiger charge is -2.08. The van der Waals surface area contributed by atoms with Gasteiger partial charge in [-0.3, -0.25) is 9.59 Å². The quantitative estimate of drug-likeness (QED) is 0.782. The minimum Gasteiger partial charge on any atom is -0.364 e. The van der Waals surface area contributed by atoms with E-state index in [9.17, 15) is 9.59 Å². The maximum absolute atomic E-state index is 11.8. The van der Waals surface area contributed by atoms with E-state index in [1.165, 1.54) is 4.57 Å². The number of benzene rings is 1. The number of aryl methyl sites for hydroxylation is 3. The summed E-state index contributed by atoms with van der Waals surface area (Å²) in [5.74, 6) is -0.800. The first-order valence-electron chi connectivity index (χ1n) is 5.19. The molecule has 2 aromatic rings. The van der Waals surface area contributed by atoms with E-state index in [0.717, 1.165) is 11.1 Å². The summed E-state index contributed by atoms with van der Waals surface area (Å²) in [4.78, 5) is 27.0. The average molecular weight is 231 g/mol. The molecule has 0 aliphatic carbocycles. The predicted molar refractivity (Wildman–Crippen MR) is 65.0 cm³/mol. The molecule has 2 N–H and O–H groups in total. The smallest absolute Gasteiger partial charge is 0.282 e. The Labute approximate surface area is 97.9 Å². The van der Waals surface area contributed by atoms with Crippen LogP contribution in [0.4, 0.5) is 0 Å². The average Bonchev–Trinajstić information content (AvgIpc) is 2.26. The van der Waals surface area contributed by atoms with E-state index in [2.05, 4.69) is 4.98 Å². The first-order chi connectivity index (χ1) is 7.91. The summed E-state index contributed by atoms with van der Waals surface area (Å²) in [5, 5.41) is 0. The number of rotatable bonds is 1. The Bertz CT molecular complexity index is 686. The molecule has 0 atom stereocenters. The van der Waals surface area contributed by atoms with Crippen molar-refractivity contribution in [1.29, 1.82) is 0 Å². The molecule has 1 aromatic carbocycles. The second-order valence-corrected chi connectivity index (χ2v) is 4.11. The van der Waals surface area contributed by atoms with Gasteiger partial charge in [0, 0.05) is 7.05 Å². The largest absolute Gasteiger partial charge is 0.364 e. The Morgan fingerprint density at radius 3 is 2.47 bits per heavy atom. The normalized spacial score (nSPS) is 10.8. The Balaban J connectivity index is 2.96. The Kier molecular flexibility index (Phi) is 2.46. The lowest BCUT2D eigenvalue weighted by molar-refractivity contribution is 0.0994. The third-order valence-electron chi connectivity index (χ3n) is 2.93. The Morgan fingerprint density at radius 1 is 1.29 bits per heavy atom. The molecule has 0 aliphatic heterocycles. The number of hydrogen-bond acceptors (Lipinski definition) is 3. The summed E-state index contributed by atoms with van der Waals surface area (Å²) >= 11 is 0. The number of primary amides is 1. The molecule has 0 saturated carbocycles. The zero-order valence-electron chi connectivity index (χ0n) is 9.94. The van der Waals surface area contributed by atoms with Crippen LogP contribution in [0.5, 0.6) is 0 Å². The summed E-state index contributed by atoms with van der Waals surface area (Å²) in [6.07, 6.45) is 0. The molecule has 2 rings (SSSR count). The second kappa shape index (κ2) is 3.69. The monoisotopic (exact) mass is 231 g/mol. The number of carbonyl (C=O) groups is 1. The number of carbonyl (C=O) groups excluding carboxylic acids is 1. The summed E-state index contributed by atoms with van der Waals surface area (Å²) in [6, 6.07) is 3.72. The van der Waals surface area contributed by atoms with E-state index in [4.69, 9.17) is 5.73 Å². The number of nitrogens with two attached hydrogens (primary N) is 1. The third-order valence-corrected chi connectivity index (χ3v) is 2.93. The molecule has 0 radical (unpaired) electrons. The Hall–Kier alpha value is -2.17. The van der Waals surface area contributed by atoms with Crippen LogP contribution in [0.25, 0.3) is 11.0 Å². The fraction of sp³-hybridized carbons (Fsp3) is 0.250. The molecule has 0 aliphatic rings. The van der Waals surface area contributed by atoms with Crippen LogP contribution in [0.2, 0.25) is 0 Å². The highest BCUT2D eigenvalue weighted by molar-refractivity contribution is 5.92. The fourth-order valence-corrected chi connectivity index (χ4v) is 1.74. The van der Waals surface area contributed by atoms with E-state index in [1.807, 2.05) is 26.0 Å². The van der Waals surface area contributed by atoms with Crippen molar-refractivity contribution in [2.75, 3.05) is 0 Å². The topological polar surface area (TPSA) is 78.0 Å². The van der Waals surface area contributed by atoms with Gasteiger partial charge in [-0.25, -0.2) is 4.98 Å². The molecule has 0 unspecified atom stereocenters. The van der Waals surface area contributed by atoms with Crippen LogP contribution < -0.4 is 11.3 Å². The molecule has 1 amide bonds. The van der Waals surface area contributed by atoms with Crippen LogP contribution in [0, 0.1) is 13.8 Å². The van der Waals surface area contributed by atoms with Crippen LogP contribution in [0.1, 0.15) is 21.6 Å². The van der Waals surface area contributed by atoms with Crippen LogP contribution in [-0.4, -0.2) is 15.5 Å². The lowest BCUT2D eigenvalue weighted by atomic mass is 10.1. The van der Waals surface area contributed by atoms with Crippen molar-refractivity contribution in [2.24, 2.45) is 12.8 Å². The zero-order valence-corrected chi connectivity index (χ0v) is 9.94. The van der Waals surface area contributed by atoms with Gasteiger partial charge in [0.1, 0.15) is 0 Å². The van der Waals surface area contributed by atoms with Gasteiger partial charge in [0.15, 0.2) is 5.69 Å². The molecule has 1 heterocycles. The minimum atomic E-state index is -0.800. The van der Waals surface area contributed by atoms with Crippen LogP contribution in [0.3, 0.4) is 0 Å². The number of fused-ring (bicyclic) bond motifs is 1. The number of aromatic nitrogens is 2. The minimum absolute atomic E-state index is 0.219. The molecule has 0 saturated heterocycles. The molecule has 88 valence electrons. The van der Waals surface area contributed by atoms with Gasteiger partial charge in [-0.1, -0.05) is 0 Å². The van der Waals surface area contributed by atoms with Crippen molar-refractivity contribution in [3.8, 4) is 0 Å². The van der Waals surface area contributed by atoms with Crippen LogP contribution in [-0.2, 0) is 7.05 Å². The van der Waals surface area contributed by atoms with E-state index in [-0.39, 0.29) is 5.69 Å². The summed E-state index contributed by atoms with van der Waals surface area (Å²) in [6.45, 7) is 3.91. The molecule has 0 bridgehead atoms. The lowest BCUT2D eigenvalue weighted by Crippen LogP contribution is -2.30. The third kappa shape index (κ3) is 1.69.